The molecule has 0 N–H and O–H groups in total. The number of fused-ring (bicyclic) bond motifs is 1. The molecule has 3 aromatic rings. The predicted octanol–water partition coefficient (Wildman–Crippen LogP) is 5.06. The van der Waals surface area contributed by atoms with E-state index in [0.717, 1.165) is 38.2 Å². The molecule has 170 valence electrons. The third kappa shape index (κ3) is 4.53. The molecule has 1 aliphatic rings. The maximum absolute atomic E-state index is 13.3. The van der Waals surface area contributed by atoms with Gasteiger partial charge in [-0.3, -0.25) is 4.79 Å². The van der Waals surface area contributed by atoms with E-state index in [0.29, 0.717) is 0 Å². The van der Waals surface area contributed by atoms with Gasteiger partial charge in [-0.05, 0) is 41.8 Å². The average molecular weight is 484 g/mol. The van der Waals surface area contributed by atoms with Crippen molar-refractivity contribution in [1.82, 2.24) is 4.31 Å². The van der Waals surface area contributed by atoms with Crippen LogP contribution >= 0.6 is 11.3 Å². The Hall–Kier alpha value is -2.43. The second kappa shape index (κ2) is 8.84. The number of hydrogen-bond donors (Lipinski definition) is 0. The smallest absolute Gasteiger partial charge is 0.417 e. The van der Waals surface area contributed by atoms with Crippen molar-refractivity contribution >= 4 is 37.4 Å². The topological polar surface area (TPSA) is 63.7 Å². The molecule has 0 spiro atoms. The van der Waals surface area contributed by atoms with E-state index < -0.39 is 38.5 Å². The molecule has 1 aliphatic heterocycles. The van der Waals surface area contributed by atoms with E-state index >= 15 is 0 Å². The largest absolute Gasteiger partial charge is 0.461 e. The molecule has 1 aromatic heterocycles. The molecular formula is C22H20F3NO4S2. The lowest BCUT2D eigenvalue weighted by atomic mass is 9.98. The first-order valence-electron chi connectivity index (χ1n) is 9.96. The number of alkyl halides is 3. The zero-order valence-corrected chi connectivity index (χ0v) is 18.5. The van der Waals surface area contributed by atoms with Gasteiger partial charge >= 0.3 is 12.1 Å². The van der Waals surface area contributed by atoms with Gasteiger partial charge in [-0.15, -0.1) is 11.3 Å². The number of hydrogen-bond acceptors (Lipinski definition) is 5. The summed E-state index contributed by atoms with van der Waals surface area (Å²) in [7, 11) is -4.33. The van der Waals surface area contributed by atoms with E-state index in [-0.39, 0.29) is 32.5 Å². The quantitative estimate of drug-likeness (QED) is 0.476. The number of piperidine rings is 1. The minimum absolute atomic E-state index is 0.0460. The van der Waals surface area contributed by atoms with Crippen LogP contribution in [0.15, 0.2) is 58.8 Å². The fourth-order valence-electron chi connectivity index (χ4n) is 3.81. The number of carbonyl (C=O) groups is 1. The number of halogens is 3. The molecule has 0 bridgehead atoms. The highest BCUT2D eigenvalue weighted by Crippen LogP contribution is 2.36. The summed E-state index contributed by atoms with van der Waals surface area (Å²) < 4.78 is 73.1. The van der Waals surface area contributed by atoms with Crippen molar-refractivity contribution < 1.29 is 31.1 Å². The molecule has 2 heterocycles. The number of sulfonamides is 1. The predicted molar refractivity (Wildman–Crippen MR) is 115 cm³/mol. The lowest BCUT2D eigenvalue weighted by molar-refractivity contribution is -0.151. The fraction of sp³-hybridized carbons (Fsp3) is 0.318. The van der Waals surface area contributed by atoms with E-state index in [2.05, 4.69) is 0 Å². The van der Waals surface area contributed by atoms with Gasteiger partial charge in [-0.1, -0.05) is 30.3 Å². The van der Waals surface area contributed by atoms with Crippen molar-refractivity contribution in [3.63, 3.8) is 0 Å². The molecule has 0 aliphatic carbocycles. The molecule has 0 unspecified atom stereocenters. The number of thiophene rings is 1. The average Bonchev–Trinajstić information content (AvgIpc) is 3.20. The van der Waals surface area contributed by atoms with E-state index in [1.54, 1.807) is 11.3 Å². The Bertz CT molecular complexity index is 1230. The van der Waals surface area contributed by atoms with Gasteiger partial charge in [-0.25, -0.2) is 8.42 Å². The van der Waals surface area contributed by atoms with Gasteiger partial charge in [-0.2, -0.15) is 17.5 Å². The molecule has 32 heavy (non-hydrogen) atoms. The third-order valence-electron chi connectivity index (χ3n) is 5.53. The zero-order valence-electron chi connectivity index (χ0n) is 16.8. The van der Waals surface area contributed by atoms with Crippen LogP contribution in [0, 0.1) is 5.92 Å². The monoisotopic (exact) mass is 483 g/mol. The summed E-state index contributed by atoms with van der Waals surface area (Å²) >= 11 is 1.56. The first-order valence-corrected chi connectivity index (χ1v) is 12.3. The molecule has 5 nitrogen and oxygen atoms in total. The molecule has 0 saturated carbocycles. The van der Waals surface area contributed by atoms with Crippen LogP contribution in [0.4, 0.5) is 13.2 Å². The summed E-state index contributed by atoms with van der Waals surface area (Å²) in [4.78, 5) is 11.7. The van der Waals surface area contributed by atoms with Crippen LogP contribution in [-0.4, -0.2) is 31.8 Å². The second-order valence-electron chi connectivity index (χ2n) is 7.54. The highest BCUT2D eigenvalue weighted by atomic mass is 32.2. The van der Waals surface area contributed by atoms with Crippen LogP contribution in [0.1, 0.15) is 24.0 Å². The van der Waals surface area contributed by atoms with Crippen LogP contribution < -0.4 is 0 Å². The van der Waals surface area contributed by atoms with Crippen LogP contribution in [-0.2, 0) is 32.3 Å². The van der Waals surface area contributed by atoms with Crippen molar-refractivity contribution in [3.8, 4) is 0 Å². The SMILES string of the molecule is O=C(OCc1csc2ccccc12)C1CCN(S(=O)(=O)c2ccccc2C(F)(F)F)CC1. The number of benzene rings is 2. The number of ether oxygens (including phenoxy) is 1. The van der Waals surface area contributed by atoms with Crippen LogP contribution in [0.5, 0.6) is 0 Å². The van der Waals surface area contributed by atoms with Crippen LogP contribution in [0.2, 0.25) is 0 Å². The molecule has 2 aromatic carbocycles. The highest BCUT2D eigenvalue weighted by Gasteiger charge is 2.40. The zero-order chi connectivity index (χ0) is 22.9. The normalized spacial score (nSPS) is 16.3. The fourth-order valence-corrected chi connectivity index (χ4v) is 6.44. The minimum Gasteiger partial charge on any atom is -0.461 e. The number of nitrogens with zero attached hydrogens (tertiary/aromatic N) is 1. The summed E-state index contributed by atoms with van der Waals surface area (Å²) in [5, 5.41) is 2.96. The lowest BCUT2D eigenvalue weighted by Crippen LogP contribution is -2.41. The van der Waals surface area contributed by atoms with Crippen molar-refractivity contribution in [2.24, 2.45) is 5.92 Å². The number of carbonyl (C=O) groups excluding carboxylic acids is 1. The highest BCUT2D eigenvalue weighted by molar-refractivity contribution is 7.89. The van der Waals surface area contributed by atoms with Gasteiger partial charge in [0.05, 0.1) is 16.4 Å². The Morgan fingerprint density at radius 1 is 1.06 bits per heavy atom. The third-order valence-corrected chi connectivity index (χ3v) is 8.50. The summed E-state index contributed by atoms with van der Waals surface area (Å²) in [6, 6.07) is 11.9. The number of rotatable bonds is 5. The number of esters is 1. The molecule has 0 atom stereocenters. The van der Waals surface area contributed by atoms with Crippen molar-refractivity contribution in [1.29, 1.82) is 0 Å². The summed E-state index contributed by atoms with van der Waals surface area (Å²) in [5.41, 5.74) is -0.285. The Labute approximate surface area is 187 Å². The van der Waals surface area contributed by atoms with Gasteiger partial charge in [0.25, 0.3) is 0 Å². The van der Waals surface area contributed by atoms with Gasteiger partial charge in [0, 0.05) is 23.4 Å². The van der Waals surface area contributed by atoms with Gasteiger partial charge in [0.2, 0.25) is 10.0 Å². The molecule has 4 rings (SSSR count). The Kier molecular flexibility index (Phi) is 6.28. The first-order chi connectivity index (χ1) is 15.2. The maximum Gasteiger partial charge on any atom is 0.417 e. The molecule has 1 fully saturated rings. The standard InChI is InChI=1S/C22H20F3NO4S2/c23-22(24,25)18-6-2-4-8-20(18)32(28,29)26-11-9-15(10-12-26)21(27)30-13-16-14-31-19-7-3-1-5-17(16)19/h1-8,14-15H,9-13H2. The molecule has 0 radical (unpaired) electrons. The Balaban J connectivity index is 1.39. The van der Waals surface area contributed by atoms with Crippen LogP contribution in [0.3, 0.4) is 0 Å². The minimum atomic E-state index is -4.78. The van der Waals surface area contributed by atoms with E-state index in [9.17, 15) is 26.4 Å². The van der Waals surface area contributed by atoms with E-state index in [1.807, 2.05) is 29.6 Å². The Morgan fingerprint density at radius 3 is 2.44 bits per heavy atom. The van der Waals surface area contributed by atoms with Crippen molar-refractivity contribution in [3.05, 3.63) is 65.0 Å². The summed E-state index contributed by atoms with van der Waals surface area (Å²) in [6.07, 6.45) is -4.40. The summed E-state index contributed by atoms with van der Waals surface area (Å²) in [5.74, 6) is -0.919. The van der Waals surface area contributed by atoms with Gasteiger partial charge in [0.1, 0.15) is 6.61 Å². The van der Waals surface area contributed by atoms with Gasteiger partial charge in [0.15, 0.2) is 0 Å². The molecular weight excluding hydrogens is 463 g/mol. The molecule has 1 saturated heterocycles. The molecule has 10 heteroatoms. The van der Waals surface area contributed by atoms with Crippen molar-refractivity contribution in [2.75, 3.05) is 13.1 Å². The maximum atomic E-state index is 13.3. The van der Waals surface area contributed by atoms with Crippen LogP contribution in [0.25, 0.3) is 10.1 Å². The summed E-state index contributed by atoms with van der Waals surface area (Å²) in [6.45, 7) is 0.0334. The Morgan fingerprint density at radius 2 is 1.72 bits per heavy atom. The van der Waals surface area contributed by atoms with Gasteiger partial charge < -0.3 is 4.74 Å². The van der Waals surface area contributed by atoms with Crippen molar-refractivity contribution in [2.45, 2.75) is 30.5 Å². The first kappa shape index (κ1) is 22.8. The molecule has 0 amide bonds. The lowest BCUT2D eigenvalue weighted by Gasteiger charge is -2.30. The van der Waals surface area contributed by atoms with E-state index in [4.69, 9.17) is 4.74 Å². The van der Waals surface area contributed by atoms with E-state index in [1.165, 1.54) is 6.07 Å². The second-order valence-corrected chi connectivity index (χ2v) is 10.4.